The summed E-state index contributed by atoms with van der Waals surface area (Å²) in [6, 6.07) is 12.6. The lowest BCUT2D eigenvalue weighted by atomic mass is 10.0. The Balaban J connectivity index is 1.61. The molecular weight excluding hydrogens is 482 g/mol. The van der Waals surface area contributed by atoms with Crippen LogP contribution in [-0.2, 0) is 26.0 Å². The van der Waals surface area contributed by atoms with E-state index in [1.54, 1.807) is 18.2 Å². The van der Waals surface area contributed by atoms with E-state index in [-0.39, 0.29) is 34.9 Å². The highest BCUT2D eigenvalue weighted by molar-refractivity contribution is 8.00. The van der Waals surface area contributed by atoms with Crippen LogP contribution in [0.5, 0.6) is 0 Å². The van der Waals surface area contributed by atoms with E-state index in [1.807, 2.05) is 31.2 Å². The zero-order valence-electron chi connectivity index (χ0n) is 20.5. The van der Waals surface area contributed by atoms with E-state index in [0.717, 1.165) is 24.2 Å². The van der Waals surface area contributed by atoms with Gasteiger partial charge in [0.25, 0.3) is 0 Å². The first-order chi connectivity index (χ1) is 16.7. The average molecular weight is 516 g/mol. The smallest absolute Gasteiger partial charge is 0.244 e. The number of hydrogen-bond acceptors (Lipinski definition) is 5. The third kappa shape index (κ3) is 5.90. The quantitative estimate of drug-likeness (QED) is 0.611. The van der Waals surface area contributed by atoms with Gasteiger partial charge in [-0.25, -0.2) is 8.42 Å². The van der Waals surface area contributed by atoms with Crippen molar-refractivity contribution in [1.82, 2.24) is 4.31 Å². The summed E-state index contributed by atoms with van der Waals surface area (Å²) in [5, 5.41) is 2.87. The molecule has 4 rings (SSSR count). The van der Waals surface area contributed by atoms with E-state index in [1.165, 1.54) is 26.5 Å². The number of nitrogens with one attached hydrogen (secondary N) is 1. The van der Waals surface area contributed by atoms with Crippen LogP contribution in [0.15, 0.2) is 52.3 Å². The van der Waals surface area contributed by atoms with Crippen molar-refractivity contribution in [3.8, 4) is 0 Å². The normalized spacial score (nSPS) is 19.8. The lowest BCUT2D eigenvalue weighted by Gasteiger charge is -2.30. The molecule has 1 saturated heterocycles. The van der Waals surface area contributed by atoms with Crippen molar-refractivity contribution in [3.05, 3.63) is 48.0 Å². The van der Waals surface area contributed by atoms with Gasteiger partial charge in [0.05, 0.1) is 10.6 Å². The number of hydrogen-bond donors (Lipinski definition) is 1. The van der Waals surface area contributed by atoms with Crippen molar-refractivity contribution in [2.45, 2.75) is 61.5 Å². The van der Waals surface area contributed by atoms with Gasteiger partial charge in [-0.2, -0.15) is 4.31 Å². The van der Waals surface area contributed by atoms with Crippen LogP contribution in [0.1, 0.15) is 45.6 Å². The van der Waals surface area contributed by atoms with E-state index >= 15 is 0 Å². The van der Waals surface area contributed by atoms with Gasteiger partial charge in [0.2, 0.25) is 21.8 Å². The van der Waals surface area contributed by atoms with Gasteiger partial charge in [-0.05, 0) is 61.1 Å². The molecule has 1 N–H and O–H groups in total. The van der Waals surface area contributed by atoms with Gasteiger partial charge in [0.15, 0.2) is 0 Å². The molecule has 1 fully saturated rings. The number of sulfonamides is 1. The van der Waals surface area contributed by atoms with E-state index in [0.29, 0.717) is 30.4 Å². The van der Waals surface area contributed by atoms with Crippen molar-refractivity contribution in [2.24, 2.45) is 5.92 Å². The van der Waals surface area contributed by atoms with Gasteiger partial charge in [0.1, 0.15) is 6.54 Å². The van der Waals surface area contributed by atoms with Crippen LogP contribution in [0.2, 0.25) is 0 Å². The first kappa shape index (κ1) is 25.7. The van der Waals surface area contributed by atoms with Crippen LogP contribution in [0.4, 0.5) is 11.4 Å². The van der Waals surface area contributed by atoms with Gasteiger partial charge in [-0.3, -0.25) is 9.59 Å². The van der Waals surface area contributed by atoms with E-state index in [4.69, 9.17) is 0 Å². The number of fused-ring (bicyclic) bond motifs is 1. The first-order valence-corrected chi connectivity index (χ1v) is 14.5. The molecule has 2 aliphatic rings. The zero-order chi connectivity index (χ0) is 25.2. The molecule has 0 spiro atoms. The molecule has 2 heterocycles. The predicted molar refractivity (Wildman–Crippen MR) is 140 cm³/mol. The SMILES string of the molecule is CCc1ccc(NC(=O)CN2C(=O)C[C@H](C)Sc3ccc(S(=O)(=O)N4CCC(C)CC4)cc32)cc1. The summed E-state index contributed by atoms with van der Waals surface area (Å²) >= 11 is 1.53. The Morgan fingerprint density at radius 2 is 1.77 bits per heavy atom. The highest BCUT2D eigenvalue weighted by atomic mass is 32.2. The Bertz CT molecular complexity index is 1190. The lowest BCUT2D eigenvalue weighted by molar-refractivity contribution is -0.121. The fraction of sp³-hybridized carbons (Fsp3) is 0.462. The van der Waals surface area contributed by atoms with Crippen LogP contribution in [0.25, 0.3) is 0 Å². The summed E-state index contributed by atoms with van der Waals surface area (Å²) in [5.74, 6) is -0.0101. The first-order valence-electron chi connectivity index (χ1n) is 12.2. The fourth-order valence-electron chi connectivity index (χ4n) is 4.43. The highest BCUT2D eigenvalue weighted by Crippen LogP contribution is 2.40. The highest BCUT2D eigenvalue weighted by Gasteiger charge is 2.32. The number of amides is 2. The van der Waals surface area contributed by atoms with Crippen molar-refractivity contribution >= 4 is 45.0 Å². The van der Waals surface area contributed by atoms with Crippen molar-refractivity contribution in [1.29, 1.82) is 0 Å². The number of piperidine rings is 1. The molecule has 0 bridgehead atoms. The van der Waals surface area contributed by atoms with E-state index in [9.17, 15) is 18.0 Å². The molecule has 2 aromatic carbocycles. The van der Waals surface area contributed by atoms with Crippen molar-refractivity contribution in [2.75, 3.05) is 29.9 Å². The number of carbonyl (C=O) groups is 2. The van der Waals surface area contributed by atoms with Gasteiger partial charge in [-0.15, -0.1) is 11.8 Å². The maximum Gasteiger partial charge on any atom is 0.244 e. The molecule has 35 heavy (non-hydrogen) atoms. The molecule has 2 aromatic rings. The molecule has 188 valence electrons. The minimum atomic E-state index is -3.68. The molecule has 9 heteroatoms. The molecule has 7 nitrogen and oxygen atoms in total. The number of rotatable bonds is 6. The standard InChI is InChI=1S/C26H33N3O4S2/c1-4-20-5-7-21(8-6-20)27-25(30)17-29-23-16-22(9-10-24(23)34-19(3)15-26(29)31)35(32,33)28-13-11-18(2)12-14-28/h5-10,16,18-19H,4,11-15,17H2,1-3H3,(H,27,30)/t19-/m0/s1. The number of anilines is 2. The molecular formula is C26H33N3O4S2. The molecule has 0 unspecified atom stereocenters. The number of benzene rings is 2. The third-order valence-electron chi connectivity index (χ3n) is 6.64. The molecule has 0 radical (unpaired) electrons. The minimum Gasteiger partial charge on any atom is -0.325 e. The molecule has 2 amide bonds. The fourth-order valence-corrected chi connectivity index (χ4v) is 7.02. The second kappa shape index (κ2) is 10.7. The van der Waals surface area contributed by atoms with E-state index < -0.39 is 10.0 Å². The molecule has 1 atom stereocenters. The maximum absolute atomic E-state index is 13.4. The Labute approximate surface area is 212 Å². The molecule has 2 aliphatic heterocycles. The largest absolute Gasteiger partial charge is 0.325 e. The van der Waals surface area contributed by atoms with Crippen LogP contribution >= 0.6 is 11.8 Å². The third-order valence-corrected chi connectivity index (χ3v) is 9.70. The summed E-state index contributed by atoms with van der Waals surface area (Å²) < 4.78 is 28.3. The van der Waals surface area contributed by atoms with Crippen molar-refractivity contribution < 1.29 is 18.0 Å². The van der Waals surface area contributed by atoms with Gasteiger partial charge < -0.3 is 10.2 Å². The topological polar surface area (TPSA) is 86.8 Å². The summed E-state index contributed by atoms with van der Waals surface area (Å²) in [4.78, 5) is 28.4. The Morgan fingerprint density at radius 1 is 1.09 bits per heavy atom. The second-order valence-electron chi connectivity index (χ2n) is 9.43. The summed E-state index contributed by atoms with van der Waals surface area (Å²) in [7, 11) is -3.68. The van der Waals surface area contributed by atoms with Crippen LogP contribution in [0.3, 0.4) is 0 Å². The Kier molecular flexibility index (Phi) is 7.88. The Hall–Kier alpha value is -2.36. The summed E-state index contributed by atoms with van der Waals surface area (Å²) in [5.41, 5.74) is 2.31. The predicted octanol–water partition coefficient (Wildman–Crippen LogP) is 4.53. The lowest BCUT2D eigenvalue weighted by Crippen LogP contribution is -2.39. The maximum atomic E-state index is 13.4. The number of aryl methyl sites for hydroxylation is 1. The number of thioether (sulfide) groups is 1. The summed E-state index contributed by atoms with van der Waals surface area (Å²) in [6.45, 7) is 6.97. The van der Waals surface area contributed by atoms with Gasteiger partial charge in [-0.1, -0.05) is 32.9 Å². The zero-order valence-corrected chi connectivity index (χ0v) is 22.1. The van der Waals surface area contributed by atoms with Gasteiger partial charge in [0, 0.05) is 35.3 Å². The Morgan fingerprint density at radius 3 is 2.43 bits per heavy atom. The van der Waals surface area contributed by atoms with Gasteiger partial charge >= 0.3 is 0 Å². The van der Waals surface area contributed by atoms with Crippen molar-refractivity contribution in [3.63, 3.8) is 0 Å². The summed E-state index contributed by atoms with van der Waals surface area (Å²) in [6.07, 6.45) is 2.85. The number of carbonyl (C=O) groups excluding carboxylic acids is 2. The van der Waals surface area contributed by atoms with E-state index in [2.05, 4.69) is 19.2 Å². The average Bonchev–Trinajstić information content (AvgIpc) is 2.94. The van der Waals surface area contributed by atoms with Crippen LogP contribution < -0.4 is 10.2 Å². The molecule has 0 aromatic heterocycles. The molecule has 0 aliphatic carbocycles. The molecule has 0 saturated carbocycles. The van der Waals surface area contributed by atoms with Crippen LogP contribution in [-0.4, -0.2) is 49.4 Å². The van der Waals surface area contributed by atoms with Crippen LogP contribution in [0, 0.1) is 5.92 Å². The minimum absolute atomic E-state index is 0.0157. The monoisotopic (exact) mass is 515 g/mol. The number of nitrogens with zero attached hydrogens (tertiary/aromatic N) is 2. The second-order valence-corrected chi connectivity index (χ2v) is 12.8.